The van der Waals surface area contributed by atoms with Crippen LogP contribution < -0.4 is 5.73 Å². The average Bonchev–Trinajstić information content (AvgIpc) is 3.06. The molecule has 0 aliphatic carbocycles. The maximum atomic E-state index is 12.7. The normalized spacial score (nSPS) is 22.5. The van der Waals surface area contributed by atoms with Gasteiger partial charge in [0.25, 0.3) is 10.0 Å². The van der Waals surface area contributed by atoms with Gasteiger partial charge in [-0.3, -0.25) is 0 Å². The molecule has 2 aromatic rings. The van der Waals surface area contributed by atoms with Gasteiger partial charge in [0.2, 0.25) is 0 Å². The molecule has 0 radical (unpaired) electrons. The number of nitrogens with zero attached hydrogens (tertiary/aromatic N) is 1. The van der Waals surface area contributed by atoms with Gasteiger partial charge >= 0.3 is 0 Å². The maximum Gasteiger partial charge on any atom is 0.253 e. The molecule has 4 nitrogen and oxygen atoms in total. The Hall–Kier alpha value is -0.440. The second-order valence-corrected chi connectivity index (χ2v) is 8.96. The quantitative estimate of drug-likeness (QED) is 0.825. The Morgan fingerprint density at radius 2 is 1.86 bits per heavy atom. The van der Waals surface area contributed by atoms with Crippen LogP contribution in [0.3, 0.4) is 0 Å². The van der Waals surface area contributed by atoms with Crippen molar-refractivity contribution in [3.05, 3.63) is 51.8 Å². The van der Waals surface area contributed by atoms with Gasteiger partial charge in [0, 0.05) is 29.5 Å². The van der Waals surface area contributed by atoms with E-state index < -0.39 is 10.0 Å². The van der Waals surface area contributed by atoms with Crippen molar-refractivity contribution >= 4 is 49.7 Å². The van der Waals surface area contributed by atoms with Crippen LogP contribution in [0.25, 0.3) is 0 Å². The van der Waals surface area contributed by atoms with E-state index in [2.05, 4.69) is 15.9 Å². The van der Waals surface area contributed by atoms with Crippen molar-refractivity contribution in [3.8, 4) is 0 Å². The number of hydrogen-bond donors (Lipinski definition) is 1. The molecule has 2 atom stereocenters. The highest BCUT2D eigenvalue weighted by Crippen LogP contribution is 2.35. The zero-order chi connectivity index (χ0) is 15.0. The molecule has 0 unspecified atom stereocenters. The highest BCUT2D eigenvalue weighted by Gasteiger charge is 2.39. The first-order valence-electron chi connectivity index (χ1n) is 6.54. The van der Waals surface area contributed by atoms with Crippen molar-refractivity contribution in [2.24, 2.45) is 5.73 Å². The first-order valence-corrected chi connectivity index (χ1v) is 9.65. The van der Waals surface area contributed by atoms with Gasteiger partial charge in [0.05, 0.1) is 0 Å². The van der Waals surface area contributed by atoms with E-state index in [0.717, 1.165) is 5.56 Å². The van der Waals surface area contributed by atoms with Crippen molar-refractivity contribution in [3.63, 3.8) is 0 Å². The molecular formula is C14H16BrClN2O2S2. The molecule has 1 aromatic heterocycles. The molecule has 0 amide bonds. The third-order valence-corrected chi connectivity index (χ3v) is 8.20. The second-order valence-electron chi connectivity index (χ2n) is 5.06. The summed E-state index contributed by atoms with van der Waals surface area (Å²) in [6.45, 7) is 0.782. The number of thiophene rings is 1. The topological polar surface area (TPSA) is 63.4 Å². The largest absolute Gasteiger partial charge is 0.326 e. The van der Waals surface area contributed by atoms with Gasteiger partial charge in [-0.2, -0.15) is 4.31 Å². The third kappa shape index (κ3) is 3.25. The second kappa shape index (κ2) is 6.98. The van der Waals surface area contributed by atoms with E-state index in [4.69, 9.17) is 5.73 Å². The van der Waals surface area contributed by atoms with Gasteiger partial charge in [-0.15, -0.1) is 23.7 Å². The van der Waals surface area contributed by atoms with Crippen molar-refractivity contribution in [2.75, 3.05) is 13.1 Å². The minimum atomic E-state index is -3.47. The third-order valence-electron chi connectivity index (χ3n) is 3.72. The smallest absolute Gasteiger partial charge is 0.253 e. The summed E-state index contributed by atoms with van der Waals surface area (Å²) < 4.78 is 27.8. The van der Waals surface area contributed by atoms with E-state index in [1.165, 1.54) is 15.6 Å². The van der Waals surface area contributed by atoms with Crippen LogP contribution in [0.1, 0.15) is 11.5 Å². The molecule has 1 saturated heterocycles. The Kier molecular flexibility index (Phi) is 5.68. The summed E-state index contributed by atoms with van der Waals surface area (Å²) in [6.07, 6.45) is 0. The molecule has 2 N–H and O–H groups in total. The fourth-order valence-electron chi connectivity index (χ4n) is 2.62. The minimum Gasteiger partial charge on any atom is -0.326 e. The average molecular weight is 424 g/mol. The van der Waals surface area contributed by atoms with Gasteiger partial charge in [0.15, 0.2) is 0 Å². The lowest BCUT2D eigenvalue weighted by Crippen LogP contribution is -2.32. The summed E-state index contributed by atoms with van der Waals surface area (Å²) in [5.74, 6) is 0.0414. The van der Waals surface area contributed by atoms with Crippen molar-refractivity contribution in [1.82, 2.24) is 4.31 Å². The molecule has 1 fully saturated rings. The number of sulfonamides is 1. The number of hydrogen-bond acceptors (Lipinski definition) is 4. The molecule has 22 heavy (non-hydrogen) atoms. The van der Waals surface area contributed by atoms with Crippen LogP contribution in [0.5, 0.6) is 0 Å². The lowest BCUT2D eigenvalue weighted by molar-refractivity contribution is 0.471. The van der Waals surface area contributed by atoms with Gasteiger partial charge in [-0.1, -0.05) is 30.3 Å². The van der Waals surface area contributed by atoms with Gasteiger partial charge in [0.1, 0.15) is 4.21 Å². The molecule has 8 heteroatoms. The van der Waals surface area contributed by atoms with Gasteiger partial charge < -0.3 is 5.73 Å². The molecular weight excluding hydrogens is 408 g/mol. The molecule has 2 heterocycles. The molecule has 1 aromatic carbocycles. The predicted octanol–water partition coefficient (Wildman–Crippen LogP) is 3.05. The maximum absolute atomic E-state index is 12.7. The van der Waals surface area contributed by atoms with Crippen LogP contribution in [0, 0.1) is 0 Å². The standard InChI is InChI=1S/C14H15BrN2O2S2.ClH/c15-12-6-7-20-14(12)21(18,19)17-8-11(13(16)9-17)10-4-2-1-3-5-10;/h1-7,11,13H,8-9,16H2;1H/t11-,13+;/m0./s1. The molecule has 0 spiro atoms. The van der Waals surface area contributed by atoms with E-state index in [1.807, 2.05) is 30.3 Å². The fourth-order valence-corrected chi connectivity index (χ4v) is 6.57. The van der Waals surface area contributed by atoms with Crippen LogP contribution in [-0.2, 0) is 10.0 Å². The number of nitrogens with two attached hydrogens (primary N) is 1. The molecule has 1 aliphatic rings. The first-order chi connectivity index (χ1) is 10.00. The molecule has 0 bridgehead atoms. The number of halogens is 2. The van der Waals surface area contributed by atoms with E-state index in [0.29, 0.717) is 21.8 Å². The molecule has 3 rings (SSSR count). The van der Waals surface area contributed by atoms with E-state index in [1.54, 1.807) is 11.4 Å². The lowest BCUT2D eigenvalue weighted by atomic mass is 9.95. The Balaban J connectivity index is 0.00000176. The summed E-state index contributed by atoms with van der Waals surface area (Å²) in [5, 5.41) is 1.77. The zero-order valence-electron chi connectivity index (χ0n) is 11.6. The fraction of sp³-hybridized carbons (Fsp3) is 0.286. The number of benzene rings is 1. The summed E-state index contributed by atoms with van der Waals surface area (Å²) in [6, 6.07) is 11.4. The van der Waals surface area contributed by atoms with Crippen LogP contribution in [0.15, 0.2) is 50.5 Å². The summed E-state index contributed by atoms with van der Waals surface area (Å²) in [5.41, 5.74) is 7.27. The monoisotopic (exact) mass is 422 g/mol. The van der Waals surface area contributed by atoms with E-state index >= 15 is 0 Å². The molecule has 120 valence electrons. The Bertz CT molecular complexity index is 736. The van der Waals surface area contributed by atoms with Crippen LogP contribution >= 0.6 is 39.7 Å². The minimum absolute atomic E-state index is 0. The van der Waals surface area contributed by atoms with E-state index in [-0.39, 0.29) is 24.4 Å². The molecule has 0 saturated carbocycles. The predicted molar refractivity (Wildman–Crippen MR) is 95.2 cm³/mol. The zero-order valence-corrected chi connectivity index (χ0v) is 15.6. The van der Waals surface area contributed by atoms with Crippen LogP contribution in [0.4, 0.5) is 0 Å². The van der Waals surface area contributed by atoms with Crippen molar-refractivity contribution in [1.29, 1.82) is 0 Å². The van der Waals surface area contributed by atoms with Gasteiger partial charge in [-0.05, 0) is 32.9 Å². The van der Waals surface area contributed by atoms with Crippen LogP contribution in [0.2, 0.25) is 0 Å². The van der Waals surface area contributed by atoms with Crippen molar-refractivity contribution in [2.45, 2.75) is 16.2 Å². The SMILES string of the molecule is Cl.N[C@@H]1CN(S(=O)(=O)c2sccc2Br)C[C@H]1c1ccccc1. The van der Waals surface area contributed by atoms with E-state index in [9.17, 15) is 8.42 Å². The highest BCUT2D eigenvalue weighted by atomic mass is 79.9. The number of rotatable bonds is 3. The van der Waals surface area contributed by atoms with Gasteiger partial charge in [-0.25, -0.2) is 8.42 Å². The lowest BCUT2D eigenvalue weighted by Gasteiger charge is -2.16. The Labute approximate surface area is 148 Å². The van der Waals surface area contributed by atoms with Crippen LogP contribution in [-0.4, -0.2) is 31.9 Å². The highest BCUT2D eigenvalue weighted by molar-refractivity contribution is 9.10. The summed E-state index contributed by atoms with van der Waals surface area (Å²) in [7, 11) is -3.47. The first kappa shape index (κ1) is 17.9. The van der Waals surface area contributed by atoms with Crippen molar-refractivity contribution < 1.29 is 8.42 Å². The Morgan fingerprint density at radius 3 is 2.45 bits per heavy atom. The summed E-state index contributed by atoms with van der Waals surface area (Å²) in [4.78, 5) is 0. The summed E-state index contributed by atoms with van der Waals surface area (Å²) >= 11 is 4.52. The molecule has 1 aliphatic heterocycles. The Morgan fingerprint density at radius 1 is 1.18 bits per heavy atom.